The predicted molar refractivity (Wildman–Crippen MR) is 151 cm³/mol. The molecule has 1 aromatic carbocycles. The molecule has 0 unspecified atom stereocenters. The number of piperazine rings is 1. The molecule has 1 amide bonds. The molecule has 1 aliphatic rings. The molecule has 0 atom stereocenters. The standard InChI is InChI=1S/C25H27N7O3S.C2H6/c1-34-11-12-35-20-4-2-3-18(13-20)19-14-28-32(16-19)25-30-22(17-36-25)24(33)29-21-15-27-6-5-23(21)31-9-7-26-8-10-31;1-2/h2-6,13-17,26H,7-12H2,1H3,(H,29,33);1-2H3. The van der Waals surface area contributed by atoms with Crippen LogP contribution in [0.1, 0.15) is 24.3 Å². The van der Waals surface area contributed by atoms with Crippen molar-refractivity contribution in [3.8, 4) is 22.0 Å². The first-order valence-corrected chi connectivity index (χ1v) is 13.5. The molecular weight excluding hydrogens is 502 g/mol. The molecule has 0 saturated carbocycles. The van der Waals surface area contributed by atoms with E-state index in [4.69, 9.17) is 9.47 Å². The van der Waals surface area contributed by atoms with Crippen molar-refractivity contribution in [2.75, 3.05) is 56.7 Å². The average Bonchev–Trinajstić information content (AvgIpc) is 3.66. The smallest absolute Gasteiger partial charge is 0.275 e. The quantitative estimate of drug-likeness (QED) is 0.309. The third-order valence-corrected chi connectivity index (χ3v) is 6.56. The van der Waals surface area contributed by atoms with Gasteiger partial charge >= 0.3 is 0 Å². The van der Waals surface area contributed by atoms with Crippen molar-refractivity contribution in [3.63, 3.8) is 0 Å². The number of anilines is 2. The van der Waals surface area contributed by atoms with Gasteiger partial charge in [0, 0.05) is 56.6 Å². The van der Waals surface area contributed by atoms with E-state index in [2.05, 4.69) is 30.6 Å². The second kappa shape index (κ2) is 13.7. The Morgan fingerprint density at radius 1 is 1.13 bits per heavy atom. The van der Waals surface area contributed by atoms with E-state index >= 15 is 0 Å². The van der Waals surface area contributed by atoms with Gasteiger partial charge in [0.15, 0.2) is 0 Å². The lowest BCUT2D eigenvalue weighted by Gasteiger charge is -2.30. The largest absolute Gasteiger partial charge is 0.491 e. The average molecular weight is 536 g/mol. The highest BCUT2D eigenvalue weighted by Gasteiger charge is 2.18. The highest BCUT2D eigenvalue weighted by Crippen LogP contribution is 2.27. The van der Waals surface area contributed by atoms with Crippen LogP contribution in [0, 0.1) is 0 Å². The zero-order valence-corrected chi connectivity index (χ0v) is 22.7. The van der Waals surface area contributed by atoms with Gasteiger partial charge in [-0.3, -0.25) is 9.78 Å². The van der Waals surface area contributed by atoms with Crippen molar-refractivity contribution in [1.82, 2.24) is 25.1 Å². The van der Waals surface area contributed by atoms with Gasteiger partial charge in [-0.25, -0.2) is 9.67 Å². The van der Waals surface area contributed by atoms with Gasteiger partial charge in [0.05, 0.1) is 30.4 Å². The first-order chi connectivity index (χ1) is 18.7. The molecule has 0 radical (unpaired) electrons. The van der Waals surface area contributed by atoms with Crippen LogP contribution in [-0.2, 0) is 4.74 Å². The maximum atomic E-state index is 13.0. The number of nitrogens with zero attached hydrogens (tertiary/aromatic N) is 5. The maximum Gasteiger partial charge on any atom is 0.275 e. The minimum atomic E-state index is -0.282. The second-order valence-electron chi connectivity index (χ2n) is 8.14. The fourth-order valence-corrected chi connectivity index (χ4v) is 4.65. The van der Waals surface area contributed by atoms with Crippen molar-refractivity contribution < 1.29 is 14.3 Å². The molecule has 0 bridgehead atoms. The third kappa shape index (κ3) is 6.74. The maximum absolute atomic E-state index is 13.0. The van der Waals surface area contributed by atoms with E-state index in [0.717, 1.165) is 48.7 Å². The van der Waals surface area contributed by atoms with Crippen LogP contribution >= 0.6 is 11.3 Å². The van der Waals surface area contributed by atoms with E-state index < -0.39 is 0 Å². The second-order valence-corrected chi connectivity index (χ2v) is 8.98. The number of nitrogens with one attached hydrogen (secondary N) is 2. The van der Waals surface area contributed by atoms with Crippen LogP contribution < -0.4 is 20.3 Å². The molecule has 1 aliphatic heterocycles. The summed E-state index contributed by atoms with van der Waals surface area (Å²) in [6.45, 7) is 8.57. The Hall–Kier alpha value is -3.80. The molecule has 1 fully saturated rings. The number of pyridine rings is 1. The van der Waals surface area contributed by atoms with Gasteiger partial charge in [0.1, 0.15) is 18.1 Å². The van der Waals surface area contributed by atoms with Gasteiger partial charge in [-0.1, -0.05) is 26.0 Å². The summed E-state index contributed by atoms with van der Waals surface area (Å²) in [4.78, 5) is 23.9. The van der Waals surface area contributed by atoms with Gasteiger partial charge in [-0.15, -0.1) is 11.3 Å². The molecule has 38 heavy (non-hydrogen) atoms. The number of thiazole rings is 1. The number of hydrogen-bond acceptors (Lipinski definition) is 9. The molecule has 0 spiro atoms. The number of aromatic nitrogens is 4. The normalized spacial score (nSPS) is 13.0. The van der Waals surface area contributed by atoms with Gasteiger partial charge < -0.3 is 25.0 Å². The number of rotatable bonds is 9. The number of amides is 1. The Bertz CT molecular complexity index is 1320. The number of methoxy groups -OCH3 is 1. The first kappa shape index (κ1) is 27.2. The molecule has 4 heterocycles. The SMILES string of the molecule is CC.COCCOc1cccc(-c2cnn(-c3nc(C(=O)Nc4cnccc4N4CCNCC4)cs3)c2)c1. The summed E-state index contributed by atoms with van der Waals surface area (Å²) < 4.78 is 12.4. The molecule has 2 N–H and O–H groups in total. The summed E-state index contributed by atoms with van der Waals surface area (Å²) in [7, 11) is 1.64. The highest BCUT2D eigenvalue weighted by atomic mass is 32.1. The van der Waals surface area contributed by atoms with E-state index in [0.29, 0.717) is 29.7 Å². The van der Waals surface area contributed by atoms with E-state index in [1.54, 1.807) is 35.8 Å². The van der Waals surface area contributed by atoms with Crippen LogP contribution in [-0.4, -0.2) is 72.2 Å². The van der Waals surface area contributed by atoms with Crippen LogP contribution in [0.3, 0.4) is 0 Å². The van der Waals surface area contributed by atoms with Crippen molar-refractivity contribution >= 4 is 28.6 Å². The fraction of sp³-hybridized carbons (Fsp3) is 0.333. The van der Waals surface area contributed by atoms with Gasteiger partial charge in [0.2, 0.25) is 5.13 Å². The molecule has 200 valence electrons. The Morgan fingerprint density at radius 3 is 2.79 bits per heavy atom. The van der Waals surface area contributed by atoms with E-state index in [1.807, 2.05) is 50.4 Å². The summed E-state index contributed by atoms with van der Waals surface area (Å²) in [6, 6.07) is 9.73. The minimum absolute atomic E-state index is 0.282. The van der Waals surface area contributed by atoms with Gasteiger partial charge in [-0.2, -0.15) is 5.10 Å². The van der Waals surface area contributed by atoms with Gasteiger partial charge in [0.25, 0.3) is 5.91 Å². The Labute approximate surface area is 226 Å². The topological polar surface area (TPSA) is 106 Å². The number of hydrogen-bond donors (Lipinski definition) is 2. The number of ether oxygens (including phenoxy) is 2. The molecule has 4 aromatic rings. The van der Waals surface area contributed by atoms with Crippen LogP contribution in [0.15, 0.2) is 60.5 Å². The van der Waals surface area contributed by atoms with E-state index in [-0.39, 0.29) is 5.91 Å². The number of carbonyl (C=O) groups is 1. The van der Waals surface area contributed by atoms with Crippen molar-refractivity contribution in [2.45, 2.75) is 13.8 Å². The molecule has 3 aromatic heterocycles. The Balaban J connectivity index is 0.00000164. The summed E-state index contributed by atoms with van der Waals surface area (Å²) in [5.74, 6) is 0.483. The van der Waals surface area contributed by atoms with Gasteiger partial charge in [-0.05, 0) is 23.8 Å². The number of benzene rings is 1. The summed E-state index contributed by atoms with van der Waals surface area (Å²) >= 11 is 1.35. The van der Waals surface area contributed by atoms with E-state index in [9.17, 15) is 4.79 Å². The molecule has 10 nitrogen and oxygen atoms in total. The van der Waals surface area contributed by atoms with Crippen LogP contribution in [0.25, 0.3) is 16.3 Å². The first-order valence-electron chi connectivity index (χ1n) is 12.6. The third-order valence-electron chi connectivity index (χ3n) is 5.73. The summed E-state index contributed by atoms with van der Waals surface area (Å²) in [6.07, 6.45) is 7.07. The zero-order valence-electron chi connectivity index (χ0n) is 21.9. The molecule has 0 aliphatic carbocycles. The fourth-order valence-electron chi connectivity index (χ4n) is 3.91. The van der Waals surface area contributed by atoms with Crippen molar-refractivity contribution in [2.24, 2.45) is 0 Å². The molecule has 1 saturated heterocycles. The minimum Gasteiger partial charge on any atom is -0.491 e. The van der Waals surface area contributed by atoms with Crippen molar-refractivity contribution in [3.05, 3.63) is 66.2 Å². The van der Waals surface area contributed by atoms with Crippen LogP contribution in [0.2, 0.25) is 0 Å². The summed E-state index contributed by atoms with van der Waals surface area (Å²) in [5.41, 5.74) is 3.86. The Morgan fingerprint density at radius 2 is 1.97 bits per heavy atom. The van der Waals surface area contributed by atoms with Crippen molar-refractivity contribution in [1.29, 1.82) is 0 Å². The lowest BCUT2D eigenvalue weighted by atomic mass is 10.1. The zero-order chi connectivity index (χ0) is 26.7. The molecular formula is C27H33N7O3S. The van der Waals surface area contributed by atoms with Crippen LogP contribution in [0.5, 0.6) is 5.75 Å². The lowest BCUT2D eigenvalue weighted by molar-refractivity contribution is 0.102. The van der Waals surface area contributed by atoms with Crippen LogP contribution in [0.4, 0.5) is 11.4 Å². The summed E-state index contributed by atoms with van der Waals surface area (Å²) in [5, 5.41) is 13.1. The van der Waals surface area contributed by atoms with E-state index in [1.165, 1.54) is 11.3 Å². The number of carbonyl (C=O) groups excluding carboxylic acids is 1. The molecule has 5 rings (SSSR count). The monoisotopic (exact) mass is 535 g/mol. The predicted octanol–water partition coefficient (Wildman–Crippen LogP) is 4.10. The lowest BCUT2D eigenvalue weighted by Crippen LogP contribution is -2.43. The highest BCUT2D eigenvalue weighted by molar-refractivity contribution is 7.12. The molecule has 11 heteroatoms. The Kier molecular flexibility index (Phi) is 9.79.